The molecule has 4 nitrogen and oxygen atoms in total. The van der Waals surface area contributed by atoms with Crippen molar-refractivity contribution in [1.82, 2.24) is 14.8 Å². The lowest BCUT2D eigenvalue weighted by Gasteiger charge is -2.34. The van der Waals surface area contributed by atoms with E-state index in [1.165, 1.54) is 16.0 Å². The molecule has 0 radical (unpaired) electrons. The second kappa shape index (κ2) is 5.40. The number of anilines is 1. The molecule has 0 saturated heterocycles. The molecular formula is C18H13ClN4S. The van der Waals surface area contributed by atoms with Crippen LogP contribution in [0.4, 0.5) is 5.95 Å². The molecular weight excluding hydrogens is 340 g/mol. The van der Waals surface area contributed by atoms with Gasteiger partial charge in [-0.3, -0.25) is 0 Å². The van der Waals surface area contributed by atoms with Crippen LogP contribution in [0, 0.1) is 0 Å². The van der Waals surface area contributed by atoms with E-state index >= 15 is 0 Å². The van der Waals surface area contributed by atoms with Crippen molar-refractivity contribution in [2.45, 2.75) is 10.9 Å². The summed E-state index contributed by atoms with van der Waals surface area (Å²) in [5, 5.41) is 8.66. The van der Waals surface area contributed by atoms with E-state index in [1.807, 2.05) is 34.6 Å². The molecule has 0 aliphatic carbocycles. The van der Waals surface area contributed by atoms with Gasteiger partial charge in [-0.15, -0.1) is 11.8 Å². The van der Waals surface area contributed by atoms with E-state index in [0.29, 0.717) is 0 Å². The smallest absolute Gasteiger partial charge is 0.226 e. The highest BCUT2D eigenvalue weighted by atomic mass is 35.5. The Balaban J connectivity index is 1.75. The Morgan fingerprint density at radius 2 is 2.04 bits per heavy atom. The van der Waals surface area contributed by atoms with Crippen LogP contribution < -0.4 is 5.32 Å². The zero-order chi connectivity index (χ0) is 16.1. The topological polar surface area (TPSA) is 42.7 Å². The summed E-state index contributed by atoms with van der Waals surface area (Å²) in [6.07, 6.45) is 1.60. The number of hydrogen-bond donors (Lipinski definition) is 1. The van der Waals surface area contributed by atoms with E-state index in [1.54, 1.807) is 6.33 Å². The quantitative estimate of drug-likeness (QED) is 0.702. The predicted octanol–water partition coefficient (Wildman–Crippen LogP) is 4.46. The first-order valence-corrected chi connectivity index (χ1v) is 9.05. The maximum Gasteiger partial charge on any atom is 0.226 e. The molecule has 0 spiro atoms. The average molecular weight is 353 g/mol. The first kappa shape index (κ1) is 14.1. The number of halogens is 1. The van der Waals surface area contributed by atoms with Gasteiger partial charge in [-0.2, -0.15) is 10.1 Å². The van der Waals surface area contributed by atoms with Crippen LogP contribution in [0.25, 0.3) is 5.70 Å². The van der Waals surface area contributed by atoms with Gasteiger partial charge in [0.25, 0.3) is 0 Å². The third-order valence-corrected chi connectivity index (χ3v) is 5.77. The molecule has 118 valence electrons. The number of thioether (sulfide) groups is 1. The van der Waals surface area contributed by atoms with E-state index in [-0.39, 0.29) is 6.04 Å². The molecule has 1 atom stereocenters. The molecule has 0 fully saturated rings. The summed E-state index contributed by atoms with van der Waals surface area (Å²) in [4.78, 5) is 5.63. The third-order valence-electron chi connectivity index (χ3n) is 4.42. The number of nitrogens with one attached hydrogen (secondary N) is 1. The molecule has 1 unspecified atom stereocenters. The Kier molecular flexibility index (Phi) is 3.18. The molecule has 3 heterocycles. The molecule has 3 aromatic rings. The van der Waals surface area contributed by atoms with Gasteiger partial charge in [-0.05, 0) is 29.3 Å². The minimum atomic E-state index is 0.0552. The Morgan fingerprint density at radius 1 is 1.17 bits per heavy atom. The highest BCUT2D eigenvalue weighted by Gasteiger charge is 2.34. The minimum Gasteiger partial charge on any atom is -0.324 e. The second-order valence-corrected chi connectivity index (χ2v) is 7.25. The van der Waals surface area contributed by atoms with Gasteiger partial charge in [0.2, 0.25) is 5.95 Å². The van der Waals surface area contributed by atoms with Crippen molar-refractivity contribution < 1.29 is 0 Å². The molecule has 2 aliphatic heterocycles. The number of hydrogen-bond acceptors (Lipinski definition) is 4. The molecule has 0 bridgehead atoms. The zero-order valence-electron chi connectivity index (χ0n) is 12.6. The predicted molar refractivity (Wildman–Crippen MR) is 97.3 cm³/mol. The molecule has 0 saturated carbocycles. The molecule has 5 rings (SSSR count). The van der Waals surface area contributed by atoms with Crippen LogP contribution in [0.2, 0.25) is 5.02 Å². The van der Waals surface area contributed by atoms with Crippen LogP contribution in [-0.4, -0.2) is 20.5 Å². The SMILES string of the molecule is Clc1ccc2c(c1)C1=C(CS2)C(c2ccccc2)n2ncnc2N1. The summed E-state index contributed by atoms with van der Waals surface area (Å²) in [7, 11) is 0. The van der Waals surface area contributed by atoms with Gasteiger partial charge in [0.05, 0.1) is 5.70 Å². The minimum absolute atomic E-state index is 0.0552. The van der Waals surface area contributed by atoms with E-state index in [2.05, 4.69) is 45.7 Å². The van der Waals surface area contributed by atoms with Crippen LogP contribution in [0.1, 0.15) is 17.2 Å². The standard InChI is InChI=1S/C18H13ClN4S/c19-12-6-7-15-13(8-12)16-14(9-24-15)17(11-4-2-1-3-5-11)23-18(22-16)20-10-21-23/h1-8,10,17H,9H2,(H,20,21,22). The van der Waals surface area contributed by atoms with Gasteiger partial charge < -0.3 is 5.32 Å². The van der Waals surface area contributed by atoms with Crippen molar-refractivity contribution >= 4 is 35.0 Å². The van der Waals surface area contributed by atoms with Crippen molar-refractivity contribution in [2.75, 3.05) is 11.1 Å². The summed E-state index contributed by atoms with van der Waals surface area (Å²) in [6, 6.07) is 16.6. The van der Waals surface area contributed by atoms with E-state index < -0.39 is 0 Å². The Morgan fingerprint density at radius 3 is 2.92 bits per heavy atom. The van der Waals surface area contributed by atoms with Crippen molar-refractivity contribution in [3.63, 3.8) is 0 Å². The lowest BCUT2D eigenvalue weighted by atomic mass is 9.94. The Hall–Kier alpha value is -2.24. The summed E-state index contributed by atoms with van der Waals surface area (Å²) in [6.45, 7) is 0. The molecule has 6 heteroatoms. The van der Waals surface area contributed by atoms with Crippen LogP contribution in [0.15, 0.2) is 65.3 Å². The van der Waals surface area contributed by atoms with Gasteiger partial charge in [0.15, 0.2) is 0 Å². The van der Waals surface area contributed by atoms with Gasteiger partial charge >= 0.3 is 0 Å². The fourth-order valence-corrected chi connectivity index (χ4v) is 4.62. The molecule has 1 N–H and O–H groups in total. The number of nitrogens with zero attached hydrogens (tertiary/aromatic N) is 3. The fourth-order valence-electron chi connectivity index (χ4n) is 3.35. The summed E-state index contributed by atoms with van der Waals surface area (Å²) in [5.74, 6) is 1.68. The average Bonchev–Trinajstić information content (AvgIpc) is 3.08. The molecule has 24 heavy (non-hydrogen) atoms. The largest absolute Gasteiger partial charge is 0.324 e. The molecule has 2 aromatic carbocycles. The van der Waals surface area contributed by atoms with Crippen LogP contribution >= 0.6 is 23.4 Å². The van der Waals surface area contributed by atoms with E-state index in [4.69, 9.17) is 11.6 Å². The zero-order valence-corrected chi connectivity index (χ0v) is 14.2. The maximum atomic E-state index is 6.25. The van der Waals surface area contributed by atoms with Gasteiger partial charge in [-0.25, -0.2) is 4.68 Å². The molecule has 0 amide bonds. The first-order valence-electron chi connectivity index (χ1n) is 7.68. The van der Waals surface area contributed by atoms with Crippen molar-refractivity contribution in [2.24, 2.45) is 0 Å². The second-order valence-electron chi connectivity index (χ2n) is 5.80. The number of rotatable bonds is 1. The number of aromatic nitrogens is 3. The first-order chi connectivity index (χ1) is 11.8. The summed E-state index contributed by atoms with van der Waals surface area (Å²) < 4.78 is 1.96. The summed E-state index contributed by atoms with van der Waals surface area (Å²) in [5.41, 5.74) is 4.77. The van der Waals surface area contributed by atoms with Crippen molar-refractivity contribution in [3.05, 3.63) is 76.6 Å². The number of benzene rings is 2. The fraction of sp³-hybridized carbons (Fsp3) is 0.111. The third kappa shape index (κ3) is 2.08. The van der Waals surface area contributed by atoms with Gasteiger partial charge in [-0.1, -0.05) is 41.9 Å². The lowest BCUT2D eigenvalue weighted by Crippen LogP contribution is -2.27. The summed E-state index contributed by atoms with van der Waals surface area (Å²) >= 11 is 8.09. The van der Waals surface area contributed by atoms with Gasteiger partial charge in [0.1, 0.15) is 12.4 Å². The highest BCUT2D eigenvalue weighted by Crippen LogP contribution is 2.46. The lowest BCUT2D eigenvalue weighted by molar-refractivity contribution is 0.585. The van der Waals surface area contributed by atoms with Gasteiger partial charge in [0, 0.05) is 21.2 Å². The normalized spacial score (nSPS) is 18.5. The monoisotopic (exact) mass is 352 g/mol. The highest BCUT2D eigenvalue weighted by molar-refractivity contribution is 7.99. The van der Waals surface area contributed by atoms with E-state index in [0.717, 1.165) is 28.0 Å². The Bertz CT molecular complexity index is 964. The molecule has 2 aliphatic rings. The van der Waals surface area contributed by atoms with Crippen LogP contribution in [-0.2, 0) is 0 Å². The van der Waals surface area contributed by atoms with E-state index in [9.17, 15) is 0 Å². The Labute approximate surface area is 148 Å². The maximum absolute atomic E-state index is 6.25. The van der Waals surface area contributed by atoms with Crippen molar-refractivity contribution in [3.8, 4) is 0 Å². The number of fused-ring (bicyclic) bond motifs is 3. The van der Waals surface area contributed by atoms with Crippen LogP contribution in [0.3, 0.4) is 0 Å². The van der Waals surface area contributed by atoms with Crippen LogP contribution in [0.5, 0.6) is 0 Å². The van der Waals surface area contributed by atoms with Crippen molar-refractivity contribution in [1.29, 1.82) is 0 Å². The molecule has 1 aromatic heterocycles.